The second-order valence-corrected chi connectivity index (χ2v) is 6.18. The fourth-order valence-electron chi connectivity index (χ4n) is 0.354. The van der Waals surface area contributed by atoms with Crippen LogP contribution < -0.4 is 0 Å². The summed E-state index contributed by atoms with van der Waals surface area (Å²) < 4.78 is 0. The van der Waals surface area contributed by atoms with Gasteiger partial charge in [0.25, 0.3) is 0 Å². The van der Waals surface area contributed by atoms with Gasteiger partial charge in [-0.15, -0.1) is 0 Å². The third-order valence-corrected chi connectivity index (χ3v) is 6.36. The standard InChI is InChI=1S/C3H13PSi/c1-4-3-5-2/h3,5H2,1-2,4H3. The van der Waals surface area contributed by atoms with Crippen LogP contribution in [0.2, 0.25) is 6.55 Å². The SMILES string of the molecule is C[SiH2]C[PH3]C. The quantitative estimate of drug-likeness (QED) is 0.343. The van der Waals surface area contributed by atoms with E-state index in [0.29, 0.717) is 18.1 Å². The van der Waals surface area contributed by atoms with Crippen LogP contribution in [0.1, 0.15) is 0 Å². The Bertz CT molecular complexity index is 14.4. The van der Waals surface area contributed by atoms with Crippen LogP contribution in [0.4, 0.5) is 0 Å². The summed E-state index contributed by atoms with van der Waals surface area (Å²) in [6.45, 7) is 4.77. The summed E-state index contributed by atoms with van der Waals surface area (Å²) in [5.41, 5.74) is 0. The average Bonchev–Trinajstić information content (AvgIpc) is 1.41. The Morgan fingerprint density at radius 3 is 2.40 bits per heavy atom. The van der Waals surface area contributed by atoms with Gasteiger partial charge in [-0.05, 0) is 0 Å². The Morgan fingerprint density at radius 2 is 2.40 bits per heavy atom. The summed E-state index contributed by atoms with van der Waals surface area (Å²) in [5.74, 6) is 1.67. The van der Waals surface area contributed by atoms with Gasteiger partial charge >= 0.3 is 37.1 Å². The summed E-state index contributed by atoms with van der Waals surface area (Å²) >= 11 is 0. The molecule has 0 fully saturated rings. The van der Waals surface area contributed by atoms with E-state index >= 15 is 0 Å². The molecule has 2 heteroatoms. The van der Waals surface area contributed by atoms with Gasteiger partial charge in [0.15, 0.2) is 0 Å². The van der Waals surface area contributed by atoms with E-state index in [-0.39, 0.29) is 0 Å². The van der Waals surface area contributed by atoms with Crippen molar-refractivity contribution >= 4 is 18.1 Å². The van der Waals surface area contributed by atoms with E-state index in [9.17, 15) is 0 Å². The normalized spacial score (nSPS) is 11.6. The second kappa shape index (κ2) is 4.65. The molecule has 0 aromatic rings. The Labute approximate surface area is 38.0 Å². The van der Waals surface area contributed by atoms with Gasteiger partial charge in [0.2, 0.25) is 0 Å². The molecule has 0 rings (SSSR count). The molecule has 0 amide bonds. The van der Waals surface area contributed by atoms with Crippen molar-refractivity contribution in [2.45, 2.75) is 6.55 Å². The Kier molecular flexibility index (Phi) is 5.25. The third kappa shape index (κ3) is 4.65. The Balaban J connectivity index is 2.19. The number of hydrogen-bond acceptors (Lipinski definition) is 0. The molecule has 0 aliphatic rings. The average molecular weight is 108 g/mol. The first-order chi connectivity index (χ1) is 2.41. The molecule has 0 aromatic heterocycles. The van der Waals surface area contributed by atoms with Crippen molar-refractivity contribution in [3.05, 3.63) is 0 Å². The number of rotatable bonds is 2. The molecule has 0 aliphatic heterocycles. The van der Waals surface area contributed by atoms with E-state index in [4.69, 9.17) is 0 Å². The van der Waals surface area contributed by atoms with Crippen molar-refractivity contribution in [1.29, 1.82) is 0 Å². The van der Waals surface area contributed by atoms with Gasteiger partial charge in [0.05, 0.1) is 0 Å². The molecule has 0 nitrogen and oxygen atoms in total. The van der Waals surface area contributed by atoms with Crippen LogP contribution in [0, 0.1) is 0 Å². The maximum absolute atomic E-state index is 2.39. The van der Waals surface area contributed by atoms with Crippen molar-refractivity contribution < 1.29 is 0 Å². The van der Waals surface area contributed by atoms with Crippen LogP contribution in [-0.2, 0) is 0 Å². The monoisotopic (exact) mass is 108 g/mol. The molecule has 0 saturated heterocycles. The summed E-state index contributed by atoms with van der Waals surface area (Å²) in [4.78, 5) is 0. The van der Waals surface area contributed by atoms with E-state index in [2.05, 4.69) is 13.2 Å². The second-order valence-electron chi connectivity index (χ2n) is 1.35. The van der Waals surface area contributed by atoms with Gasteiger partial charge in [-0.1, -0.05) is 0 Å². The summed E-state index contributed by atoms with van der Waals surface area (Å²) in [7, 11) is 0.951. The van der Waals surface area contributed by atoms with E-state index in [1.165, 1.54) is 0 Å². The molecule has 5 heavy (non-hydrogen) atoms. The molecule has 0 spiro atoms. The van der Waals surface area contributed by atoms with Crippen molar-refractivity contribution in [3.63, 3.8) is 0 Å². The van der Waals surface area contributed by atoms with E-state index in [0.717, 1.165) is 0 Å². The van der Waals surface area contributed by atoms with Crippen LogP contribution in [0.25, 0.3) is 0 Å². The molecule has 0 N–H and O–H groups in total. The van der Waals surface area contributed by atoms with Crippen molar-refractivity contribution in [3.8, 4) is 0 Å². The van der Waals surface area contributed by atoms with Gasteiger partial charge in [0, 0.05) is 0 Å². The first-order valence-corrected chi connectivity index (χ1v) is 7.24. The van der Waals surface area contributed by atoms with Crippen LogP contribution >= 0.6 is 8.58 Å². The topological polar surface area (TPSA) is 0 Å². The fourth-order valence-corrected chi connectivity index (χ4v) is 3.18. The summed E-state index contributed by atoms with van der Waals surface area (Å²) in [5, 5.41) is 0. The molecular weight excluding hydrogens is 95.1 g/mol. The van der Waals surface area contributed by atoms with E-state index < -0.39 is 0 Å². The van der Waals surface area contributed by atoms with Crippen LogP contribution in [0.3, 0.4) is 0 Å². The Morgan fingerprint density at radius 1 is 1.80 bits per heavy atom. The van der Waals surface area contributed by atoms with Crippen LogP contribution in [0.15, 0.2) is 0 Å². The van der Waals surface area contributed by atoms with Gasteiger partial charge in [-0.25, -0.2) is 0 Å². The Hall–Kier alpha value is 0.647. The molecule has 0 bridgehead atoms. The van der Waals surface area contributed by atoms with Gasteiger partial charge in [-0.2, -0.15) is 0 Å². The molecule has 0 saturated carbocycles. The minimum absolute atomic E-state index is 0.476. The molecule has 0 aromatic carbocycles. The zero-order valence-electron chi connectivity index (χ0n) is 4.12. The molecule has 34 valence electrons. The van der Waals surface area contributed by atoms with Crippen molar-refractivity contribution in [2.75, 3.05) is 12.5 Å². The zero-order valence-corrected chi connectivity index (χ0v) is 6.95. The number of hydrogen-bond donors (Lipinski definition) is 0. The summed E-state index contributed by atoms with van der Waals surface area (Å²) in [6.07, 6.45) is 0. The first kappa shape index (κ1) is 5.65. The first-order valence-electron chi connectivity index (χ1n) is 2.41. The molecule has 0 unspecified atom stereocenters. The summed E-state index contributed by atoms with van der Waals surface area (Å²) in [6, 6.07) is 0. The van der Waals surface area contributed by atoms with Crippen LogP contribution in [-0.4, -0.2) is 22.0 Å². The molecule has 0 atom stereocenters. The van der Waals surface area contributed by atoms with Gasteiger partial charge in [-0.3, -0.25) is 0 Å². The predicted octanol–water partition coefficient (Wildman–Crippen LogP) is -0.0663. The van der Waals surface area contributed by atoms with Gasteiger partial charge < -0.3 is 0 Å². The molecule has 0 heterocycles. The maximum atomic E-state index is 2.39. The van der Waals surface area contributed by atoms with Crippen molar-refractivity contribution in [1.82, 2.24) is 0 Å². The molecule has 0 aliphatic carbocycles. The third-order valence-electron chi connectivity index (χ3n) is 0.707. The zero-order chi connectivity index (χ0) is 4.12. The molecule has 0 radical (unpaired) electrons. The fraction of sp³-hybridized carbons (Fsp3) is 1.00. The predicted molar refractivity (Wildman–Crippen MR) is 36.3 cm³/mol. The van der Waals surface area contributed by atoms with E-state index in [1.807, 2.05) is 0 Å². The van der Waals surface area contributed by atoms with Crippen LogP contribution in [0.5, 0.6) is 0 Å². The van der Waals surface area contributed by atoms with E-state index in [1.54, 1.807) is 5.79 Å². The molecular formula is C3H13PSi. The minimum atomic E-state index is 0.476. The van der Waals surface area contributed by atoms with Gasteiger partial charge in [0.1, 0.15) is 0 Å². The van der Waals surface area contributed by atoms with Crippen molar-refractivity contribution in [2.24, 2.45) is 0 Å².